The van der Waals surface area contributed by atoms with Crippen LogP contribution in [0.3, 0.4) is 0 Å². The van der Waals surface area contributed by atoms with Gasteiger partial charge in [0.25, 0.3) is 0 Å². The Balaban J connectivity index is 1.84. The molecule has 0 spiro atoms. The van der Waals surface area contributed by atoms with Gasteiger partial charge in [-0.1, -0.05) is 18.5 Å². The van der Waals surface area contributed by atoms with Gasteiger partial charge in [-0.15, -0.1) is 11.3 Å². The largest absolute Gasteiger partial charge is 0.310 e. The third kappa shape index (κ3) is 1.82. The molecule has 2 atom stereocenters. The highest BCUT2D eigenvalue weighted by Crippen LogP contribution is 2.30. The lowest BCUT2D eigenvalue weighted by Gasteiger charge is -2.00. The Kier molecular flexibility index (Phi) is 2.40. The van der Waals surface area contributed by atoms with E-state index in [9.17, 15) is 0 Å². The lowest BCUT2D eigenvalue weighted by atomic mass is 10.3. The van der Waals surface area contributed by atoms with Gasteiger partial charge >= 0.3 is 0 Å². The number of rotatable bonds is 3. The molecule has 0 bridgehead atoms. The van der Waals surface area contributed by atoms with Crippen molar-refractivity contribution in [2.45, 2.75) is 25.9 Å². The van der Waals surface area contributed by atoms with Gasteiger partial charge in [0.2, 0.25) is 0 Å². The summed E-state index contributed by atoms with van der Waals surface area (Å²) in [6, 6.07) is 2.83. The van der Waals surface area contributed by atoms with Crippen molar-refractivity contribution in [2.24, 2.45) is 5.92 Å². The van der Waals surface area contributed by atoms with E-state index in [0.29, 0.717) is 0 Å². The van der Waals surface area contributed by atoms with E-state index in [0.717, 1.165) is 22.8 Å². The average Bonchev–Trinajstić information content (AvgIpc) is 2.57. The second kappa shape index (κ2) is 3.36. The standard InChI is InChI=1S/C9H12ClNS/c1-6-4-8(6)11-5-7-2-3-12-9(7)10/h2-3,6,8,11H,4-5H2,1H3. The Morgan fingerprint density at radius 3 is 3.00 bits per heavy atom. The van der Waals surface area contributed by atoms with Crippen molar-refractivity contribution >= 4 is 22.9 Å². The third-order valence-electron chi connectivity index (χ3n) is 2.36. The van der Waals surface area contributed by atoms with Crippen molar-refractivity contribution in [3.8, 4) is 0 Å². The number of hydrogen-bond acceptors (Lipinski definition) is 2. The molecule has 0 saturated heterocycles. The summed E-state index contributed by atoms with van der Waals surface area (Å²) < 4.78 is 0.927. The molecule has 1 saturated carbocycles. The summed E-state index contributed by atoms with van der Waals surface area (Å²) in [4.78, 5) is 0. The van der Waals surface area contributed by atoms with E-state index >= 15 is 0 Å². The number of thiophene rings is 1. The molecule has 1 N–H and O–H groups in total. The summed E-state index contributed by atoms with van der Waals surface area (Å²) in [7, 11) is 0. The minimum Gasteiger partial charge on any atom is -0.310 e. The van der Waals surface area contributed by atoms with Crippen LogP contribution < -0.4 is 5.32 Å². The maximum Gasteiger partial charge on any atom is 0.0973 e. The van der Waals surface area contributed by atoms with Gasteiger partial charge in [-0.25, -0.2) is 0 Å². The fourth-order valence-corrected chi connectivity index (χ4v) is 2.22. The van der Waals surface area contributed by atoms with E-state index in [-0.39, 0.29) is 0 Å². The second-order valence-corrected chi connectivity index (χ2v) is 4.94. The first-order valence-electron chi connectivity index (χ1n) is 4.22. The molecule has 3 heteroatoms. The van der Waals surface area contributed by atoms with Gasteiger partial charge in [0.1, 0.15) is 0 Å². The predicted molar refractivity (Wildman–Crippen MR) is 53.7 cm³/mol. The zero-order valence-corrected chi connectivity index (χ0v) is 8.58. The molecule has 0 aliphatic heterocycles. The maximum absolute atomic E-state index is 5.96. The van der Waals surface area contributed by atoms with Crippen LogP contribution in [-0.4, -0.2) is 6.04 Å². The monoisotopic (exact) mass is 201 g/mol. The van der Waals surface area contributed by atoms with E-state index in [1.54, 1.807) is 11.3 Å². The number of nitrogens with one attached hydrogen (secondary N) is 1. The van der Waals surface area contributed by atoms with Crippen molar-refractivity contribution in [1.82, 2.24) is 5.32 Å². The fraction of sp³-hybridized carbons (Fsp3) is 0.556. The van der Waals surface area contributed by atoms with Crippen molar-refractivity contribution in [1.29, 1.82) is 0 Å². The van der Waals surface area contributed by atoms with Crippen LogP contribution in [0.5, 0.6) is 0 Å². The van der Waals surface area contributed by atoms with Gasteiger partial charge < -0.3 is 5.32 Å². The Morgan fingerprint density at radius 2 is 2.50 bits per heavy atom. The smallest absolute Gasteiger partial charge is 0.0973 e. The molecule has 1 fully saturated rings. The Morgan fingerprint density at radius 1 is 1.75 bits per heavy atom. The summed E-state index contributed by atoms with van der Waals surface area (Å²) >= 11 is 7.56. The molecule has 1 aromatic rings. The molecule has 0 aromatic carbocycles. The highest BCUT2D eigenvalue weighted by atomic mass is 35.5. The van der Waals surface area contributed by atoms with Crippen LogP contribution in [0.25, 0.3) is 0 Å². The van der Waals surface area contributed by atoms with Crippen LogP contribution in [-0.2, 0) is 6.54 Å². The quantitative estimate of drug-likeness (QED) is 0.793. The first kappa shape index (κ1) is 8.54. The van der Waals surface area contributed by atoms with Crippen molar-refractivity contribution in [2.75, 3.05) is 0 Å². The summed E-state index contributed by atoms with van der Waals surface area (Å²) in [6.07, 6.45) is 1.32. The zero-order valence-electron chi connectivity index (χ0n) is 7.01. The van der Waals surface area contributed by atoms with Crippen LogP contribution in [0.1, 0.15) is 18.9 Å². The average molecular weight is 202 g/mol. The van der Waals surface area contributed by atoms with Crippen LogP contribution in [0.2, 0.25) is 4.34 Å². The number of halogens is 1. The molecular formula is C9H12ClNS. The summed E-state index contributed by atoms with van der Waals surface area (Å²) in [5.74, 6) is 0.863. The first-order valence-corrected chi connectivity index (χ1v) is 5.48. The van der Waals surface area contributed by atoms with E-state index in [4.69, 9.17) is 11.6 Å². The van der Waals surface area contributed by atoms with E-state index in [2.05, 4.69) is 18.3 Å². The van der Waals surface area contributed by atoms with Crippen molar-refractivity contribution < 1.29 is 0 Å². The van der Waals surface area contributed by atoms with Crippen LogP contribution in [0.15, 0.2) is 11.4 Å². The Bertz CT molecular complexity index is 271. The van der Waals surface area contributed by atoms with Crippen molar-refractivity contribution in [3.63, 3.8) is 0 Å². The Hall–Kier alpha value is -0.0500. The van der Waals surface area contributed by atoms with E-state index in [1.165, 1.54) is 12.0 Å². The highest BCUT2D eigenvalue weighted by molar-refractivity contribution is 7.14. The minimum atomic E-state index is 0.737. The highest BCUT2D eigenvalue weighted by Gasteiger charge is 2.31. The van der Waals surface area contributed by atoms with E-state index < -0.39 is 0 Å². The summed E-state index contributed by atoms with van der Waals surface area (Å²) in [6.45, 7) is 3.20. The summed E-state index contributed by atoms with van der Waals surface area (Å²) in [5.41, 5.74) is 1.24. The molecule has 2 unspecified atom stereocenters. The zero-order chi connectivity index (χ0) is 8.55. The van der Waals surface area contributed by atoms with Crippen LogP contribution in [0, 0.1) is 5.92 Å². The molecular weight excluding hydrogens is 190 g/mol. The Labute approximate surface area is 81.7 Å². The van der Waals surface area contributed by atoms with Crippen LogP contribution in [0.4, 0.5) is 0 Å². The molecule has 1 aromatic heterocycles. The van der Waals surface area contributed by atoms with Gasteiger partial charge in [0, 0.05) is 12.6 Å². The molecule has 1 nitrogen and oxygen atoms in total. The van der Waals surface area contributed by atoms with E-state index in [1.807, 2.05) is 5.38 Å². The molecule has 0 amide bonds. The van der Waals surface area contributed by atoms with Crippen LogP contribution >= 0.6 is 22.9 Å². The van der Waals surface area contributed by atoms with Gasteiger partial charge in [-0.3, -0.25) is 0 Å². The summed E-state index contributed by atoms with van der Waals surface area (Å²) in [5, 5.41) is 5.51. The second-order valence-electron chi connectivity index (χ2n) is 3.42. The fourth-order valence-electron chi connectivity index (χ4n) is 1.29. The third-order valence-corrected chi connectivity index (χ3v) is 3.61. The molecule has 1 heterocycles. The topological polar surface area (TPSA) is 12.0 Å². The molecule has 2 rings (SSSR count). The molecule has 12 heavy (non-hydrogen) atoms. The predicted octanol–water partition coefficient (Wildman–Crippen LogP) is 2.90. The SMILES string of the molecule is CC1CC1NCc1ccsc1Cl. The maximum atomic E-state index is 5.96. The minimum absolute atomic E-state index is 0.737. The van der Waals surface area contributed by atoms with Crippen molar-refractivity contribution in [3.05, 3.63) is 21.3 Å². The number of hydrogen-bond donors (Lipinski definition) is 1. The van der Waals surface area contributed by atoms with Gasteiger partial charge in [-0.05, 0) is 29.3 Å². The normalized spacial score (nSPS) is 27.5. The van der Waals surface area contributed by atoms with Gasteiger partial charge in [-0.2, -0.15) is 0 Å². The molecule has 1 aliphatic carbocycles. The molecule has 0 radical (unpaired) electrons. The molecule has 66 valence electrons. The lowest BCUT2D eigenvalue weighted by Crippen LogP contribution is -2.16. The van der Waals surface area contributed by atoms with Gasteiger partial charge in [0.15, 0.2) is 0 Å². The lowest BCUT2D eigenvalue weighted by molar-refractivity contribution is 0.654. The molecule has 1 aliphatic rings. The first-order chi connectivity index (χ1) is 5.77. The van der Waals surface area contributed by atoms with Gasteiger partial charge in [0.05, 0.1) is 4.34 Å².